The SMILES string of the molecule is CCC(C)(O)CNC(c1ccccc1)C1CC1. The Labute approximate surface area is 104 Å². The average molecular weight is 233 g/mol. The van der Waals surface area contributed by atoms with E-state index >= 15 is 0 Å². The maximum absolute atomic E-state index is 10.1. The molecular formula is C15H23NO. The van der Waals surface area contributed by atoms with E-state index in [1.807, 2.05) is 13.8 Å². The largest absolute Gasteiger partial charge is 0.389 e. The Hall–Kier alpha value is -0.860. The zero-order valence-electron chi connectivity index (χ0n) is 10.8. The van der Waals surface area contributed by atoms with Crippen molar-refractivity contribution < 1.29 is 5.11 Å². The molecule has 2 rings (SSSR count). The summed E-state index contributed by atoms with van der Waals surface area (Å²) < 4.78 is 0. The third kappa shape index (κ3) is 3.55. The first kappa shape index (κ1) is 12.6. The Bertz CT molecular complexity index is 343. The van der Waals surface area contributed by atoms with E-state index in [-0.39, 0.29) is 0 Å². The third-order valence-corrected chi connectivity index (χ3v) is 3.72. The van der Waals surface area contributed by atoms with E-state index in [1.54, 1.807) is 0 Å². The molecule has 0 heterocycles. The Kier molecular flexibility index (Phi) is 3.85. The predicted molar refractivity (Wildman–Crippen MR) is 70.8 cm³/mol. The Balaban J connectivity index is 1.99. The van der Waals surface area contributed by atoms with Gasteiger partial charge >= 0.3 is 0 Å². The second-order valence-electron chi connectivity index (χ2n) is 5.46. The lowest BCUT2D eigenvalue weighted by Crippen LogP contribution is -2.39. The third-order valence-electron chi connectivity index (χ3n) is 3.72. The fourth-order valence-corrected chi connectivity index (χ4v) is 2.10. The quantitative estimate of drug-likeness (QED) is 0.792. The van der Waals surface area contributed by atoms with Crippen molar-refractivity contribution in [3.8, 4) is 0 Å². The smallest absolute Gasteiger partial charge is 0.0741 e. The van der Waals surface area contributed by atoms with E-state index in [2.05, 4.69) is 35.6 Å². The Morgan fingerprint density at radius 2 is 2.00 bits per heavy atom. The van der Waals surface area contributed by atoms with E-state index < -0.39 is 5.60 Å². The minimum atomic E-state index is -0.595. The standard InChI is InChI=1S/C15H23NO/c1-3-15(2,17)11-16-14(13-9-10-13)12-7-5-4-6-8-12/h4-8,13-14,16-17H,3,9-11H2,1-2H3. The Morgan fingerprint density at radius 3 is 2.53 bits per heavy atom. The van der Waals surface area contributed by atoms with Crippen molar-refractivity contribution in [3.05, 3.63) is 35.9 Å². The van der Waals surface area contributed by atoms with E-state index in [1.165, 1.54) is 18.4 Å². The normalized spacial score (nSPS) is 20.9. The van der Waals surface area contributed by atoms with Gasteiger partial charge in [0.2, 0.25) is 0 Å². The van der Waals surface area contributed by atoms with Crippen LogP contribution < -0.4 is 5.32 Å². The maximum atomic E-state index is 10.1. The van der Waals surface area contributed by atoms with Gasteiger partial charge in [-0.2, -0.15) is 0 Å². The fraction of sp³-hybridized carbons (Fsp3) is 0.600. The average Bonchev–Trinajstić information content (AvgIpc) is 3.15. The monoisotopic (exact) mass is 233 g/mol. The van der Waals surface area contributed by atoms with Crippen molar-refractivity contribution in [3.63, 3.8) is 0 Å². The molecule has 2 unspecified atom stereocenters. The highest BCUT2D eigenvalue weighted by Gasteiger charge is 2.33. The number of nitrogens with one attached hydrogen (secondary N) is 1. The minimum absolute atomic E-state index is 0.411. The van der Waals surface area contributed by atoms with Gasteiger partial charge in [0.25, 0.3) is 0 Å². The van der Waals surface area contributed by atoms with Gasteiger partial charge in [0.05, 0.1) is 5.60 Å². The number of hydrogen-bond acceptors (Lipinski definition) is 2. The number of aliphatic hydroxyl groups is 1. The number of rotatable bonds is 6. The highest BCUT2D eigenvalue weighted by Crippen LogP contribution is 2.41. The van der Waals surface area contributed by atoms with Crippen LogP contribution in [0.1, 0.15) is 44.7 Å². The fourth-order valence-electron chi connectivity index (χ4n) is 2.10. The van der Waals surface area contributed by atoms with Crippen molar-refractivity contribution in [1.29, 1.82) is 0 Å². The number of hydrogen-bond donors (Lipinski definition) is 2. The molecule has 2 N–H and O–H groups in total. The second kappa shape index (κ2) is 5.19. The highest BCUT2D eigenvalue weighted by molar-refractivity contribution is 5.21. The van der Waals surface area contributed by atoms with Gasteiger partial charge in [-0.25, -0.2) is 0 Å². The molecular weight excluding hydrogens is 210 g/mol. The van der Waals surface area contributed by atoms with Crippen molar-refractivity contribution in [2.75, 3.05) is 6.54 Å². The van der Waals surface area contributed by atoms with Crippen molar-refractivity contribution in [2.45, 2.75) is 44.8 Å². The van der Waals surface area contributed by atoms with Crippen LogP contribution in [0.4, 0.5) is 0 Å². The Morgan fingerprint density at radius 1 is 1.35 bits per heavy atom. The van der Waals surface area contributed by atoms with Gasteiger partial charge in [-0.05, 0) is 37.7 Å². The molecule has 0 amide bonds. The molecule has 1 aromatic rings. The summed E-state index contributed by atoms with van der Waals surface area (Å²) in [5, 5.41) is 13.6. The summed E-state index contributed by atoms with van der Waals surface area (Å²) in [5.41, 5.74) is 0.754. The summed E-state index contributed by atoms with van der Waals surface area (Å²) in [5.74, 6) is 0.755. The van der Waals surface area contributed by atoms with Gasteiger partial charge in [0.1, 0.15) is 0 Å². The molecule has 2 heteroatoms. The van der Waals surface area contributed by atoms with Crippen LogP contribution in [0.2, 0.25) is 0 Å². The summed E-state index contributed by atoms with van der Waals surface area (Å²) in [4.78, 5) is 0. The van der Waals surface area contributed by atoms with Crippen LogP contribution in [-0.2, 0) is 0 Å². The zero-order chi connectivity index (χ0) is 12.3. The molecule has 1 saturated carbocycles. The first-order chi connectivity index (χ1) is 8.12. The molecule has 0 saturated heterocycles. The molecule has 0 radical (unpaired) electrons. The van der Waals surface area contributed by atoms with Gasteiger partial charge in [0.15, 0.2) is 0 Å². The van der Waals surface area contributed by atoms with Crippen LogP contribution in [0.5, 0.6) is 0 Å². The van der Waals surface area contributed by atoms with E-state index in [9.17, 15) is 5.11 Å². The molecule has 17 heavy (non-hydrogen) atoms. The van der Waals surface area contributed by atoms with Gasteiger partial charge in [-0.3, -0.25) is 0 Å². The van der Waals surface area contributed by atoms with E-state index in [0.717, 1.165) is 12.3 Å². The van der Waals surface area contributed by atoms with Gasteiger partial charge in [-0.1, -0.05) is 37.3 Å². The van der Waals surface area contributed by atoms with Crippen LogP contribution in [0, 0.1) is 5.92 Å². The summed E-state index contributed by atoms with van der Waals surface area (Å²) in [6.45, 7) is 4.59. The molecule has 0 spiro atoms. The van der Waals surface area contributed by atoms with Gasteiger partial charge < -0.3 is 10.4 Å². The second-order valence-corrected chi connectivity index (χ2v) is 5.46. The summed E-state index contributed by atoms with van der Waals surface area (Å²) in [7, 11) is 0. The lowest BCUT2D eigenvalue weighted by atomic mass is 9.99. The van der Waals surface area contributed by atoms with Gasteiger partial charge in [0, 0.05) is 12.6 Å². The first-order valence-electron chi connectivity index (χ1n) is 6.63. The molecule has 1 aliphatic rings. The van der Waals surface area contributed by atoms with Crippen molar-refractivity contribution in [1.82, 2.24) is 5.32 Å². The van der Waals surface area contributed by atoms with Crippen LogP contribution in [0.3, 0.4) is 0 Å². The molecule has 0 aromatic heterocycles. The van der Waals surface area contributed by atoms with Crippen molar-refractivity contribution >= 4 is 0 Å². The molecule has 1 aliphatic carbocycles. The summed E-state index contributed by atoms with van der Waals surface area (Å²) in [6, 6.07) is 11.0. The van der Waals surface area contributed by atoms with E-state index in [0.29, 0.717) is 12.6 Å². The summed E-state index contributed by atoms with van der Waals surface area (Å²) in [6.07, 6.45) is 3.40. The molecule has 1 fully saturated rings. The lowest BCUT2D eigenvalue weighted by molar-refractivity contribution is 0.0519. The molecule has 0 aliphatic heterocycles. The highest BCUT2D eigenvalue weighted by atomic mass is 16.3. The molecule has 94 valence electrons. The molecule has 2 atom stereocenters. The van der Waals surface area contributed by atoms with Gasteiger partial charge in [-0.15, -0.1) is 0 Å². The van der Waals surface area contributed by atoms with Crippen LogP contribution in [0.25, 0.3) is 0 Å². The van der Waals surface area contributed by atoms with E-state index in [4.69, 9.17) is 0 Å². The lowest BCUT2D eigenvalue weighted by Gasteiger charge is -2.26. The van der Waals surface area contributed by atoms with Crippen LogP contribution in [-0.4, -0.2) is 17.3 Å². The predicted octanol–water partition coefficient (Wildman–Crippen LogP) is 2.89. The molecule has 0 bridgehead atoms. The topological polar surface area (TPSA) is 32.3 Å². The maximum Gasteiger partial charge on any atom is 0.0741 e. The zero-order valence-corrected chi connectivity index (χ0v) is 10.8. The number of benzene rings is 1. The minimum Gasteiger partial charge on any atom is -0.389 e. The van der Waals surface area contributed by atoms with Crippen LogP contribution in [0.15, 0.2) is 30.3 Å². The van der Waals surface area contributed by atoms with Crippen molar-refractivity contribution in [2.24, 2.45) is 5.92 Å². The van der Waals surface area contributed by atoms with Crippen LogP contribution >= 0.6 is 0 Å². The molecule has 2 nitrogen and oxygen atoms in total. The first-order valence-corrected chi connectivity index (χ1v) is 6.63. The summed E-state index contributed by atoms with van der Waals surface area (Å²) >= 11 is 0. The molecule has 1 aromatic carbocycles.